The normalized spacial score (nSPS) is 26.4. The van der Waals surface area contributed by atoms with Crippen molar-refractivity contribution in [3.8, 4) is 0 Å². The minimum Gasteiger partial charge on any atom is -0.457 e. The molecule has 2 heterocycles. The fourth-order valence-electron chi connectivity index (χ4n) is 9.27. The van der Waals surface area contributed by atoms with Crippen molar-refractivity contribution < 1.29 is 95.6 Å². The number of aliphatic hydroxyl groups excluding tert-OH is 1. The standard InChI is InChI=1S/C60H87N5O20/c1-16-24-41(77-49(69)34-25-20-18-21-26-34)48(68)62-38-31-39(64-55(73)84-59(10,11)12)45(80-51-37(63-54(72)83-58(7,8)9)30-29-36(76-51)32-61-53(71)82-57(4,5)6)47(75-33(3)66)44(38)81-52-46(79-50(70)35-27-22-19-23-28-35)42(43(67)40(17-2)78-52)65-56(74)85-60(13,14)15/h18-23,25-30,36-47,51-52,67H,16-17,24,31-32H2,1-15H3,(H,61,71)(H,62,68)(H,63,72)(H,64,73)(H,65,74)/t36?,37?,38-,39-,40?,41+,42+,43-,44+,45?,46?,47?,51-,52-/m1/s1. The Hall–Kier alpha value is -7.06. The molecule has 2 aromatic rings. The van der Waals surface area contributed by atoms with E-state index in [4.69, 9.17) is 52.1 Å². The molecule has 472 valence electrons. The quantitative estimate of drug-likeness (QED) is 0.0478. The molecule has 2 fully saturated rings. The molecule has 0 radical (unpaired) electrons. The smallest absolute Gasteiger partial charge is 0.408 e. The summed E-state index contributed by atoms with van der Waals surface area (Å²) in [5, 5.41) is 25.8. The number of carbonyl (C=O) groups excluding carboxylic acids is 8. The number of hydrogen-bond acceptors (Lipinski definition) is 20. The maximum Gasteiger partial charge on any atom is 0.408 e. The summed E-state index contributed by atoms with van der Waals surface area (Å²) < 4.78 is 67.5. The lowest BCUT2D eigenvalue weighted by Crippen LogP contribution is -2.71. The first-order chi connectivity index (χ1) is 39.6. The van der Waals surface area contributed by atoms with Crippen LogP contribution < -0.4 is 26.6 Å². The number of ether oxygens (including phenoxy) is 11. The molecule has 0 spiro atoms. The number of esters is 3. The highest BCUT2D eigenvalue weighted by Gasteiger charge is 2.56. The topological polar surface area (TPSA) is 318 Å². The Morgan fingerprint density at radius 2 is 1.07 bits per heavy atom. The molecule has 1 aliphatic carbocycles. The largest absolute Gasteiger partial charge is 0.457 e. The van der Waals surface area contributed by atoms with Crippen molar-refractivity contribution in [3.63, 3.8) is 0 Å². The lowest BCUT2D eigenvalue weighted by Gasteiger charge is -2.50. The van der Waals surface area contributed by atoms with Gasteiger partial charge in [0.1, 0.15) is 52.8 Å². The minimum absolute atomic E-state index is 0.0151. The number of amides is 5. The van der Waals surface area contributed by atoms with Gasteiger partial charge in [-0.25, -0.2) is 28.8 Å². The predicted octanol–water partition coefficient (Wildman–Crippen LogP) is 6.81. The van der Waals surface area contributed by atoms with E-state index in [1.165, 1.54) is 30.3 Å². The zero-order valence-corrected chi connectivity index (χ0v) is 51.3. The molecule has 5 amide bonds. The van der Waals surface area contributed by atoms with Crippen LogP contribution in [0.3, 0.4) is 0 Å². The number of nitrogens with one attached hydrogen (secondary N) is 5. The molecule has 14 atom stereocenters. The summed E-state index contributed by atoms with van der Waals surface area (Å²) in [7, 11) is 0. The average Bonchev–Trinajstić information content (AvgIpc) is 1.93. The summed E-state index contributed by atoms with van der Waals surface area (Å²) in [5.41, 5.74) is -3.75. The zero-order chi connectivity index (χ0) is 63.2. The van der Waals surface area contributed by atoms with Crippen molar-refractivity contribution in [1.29, 1.82) is 0 Å². The molecule has 85 heavy (non-hydrogen) atoms. The van der Waals surface area contributed by atoms with E-state index in [-0.39, 0.29) is 36.9 Å². The van der Waals surface area contributed by atoms with E-state index in [0.717, 1.165) is 6.92 Å². The van der Waals surface area contributed by atoms with Crippen LogP contribution in [0.2, 0.25) is 0 Å². The van der Waals surface area contributed by atoms with E-state index < -0.39 is 156 Å². The number of rotatable bonds is 19. The van der Waals surface area contributed by atoms with Gasteiger partial charge in [-0.1, -0.05) is 68.8 Å². The molecular weight excluding hydrogens is 1110 g/mol. The maximum absolute atomic E-state index is 14.9. The predicted molar refractivity (Wildman–Crippen MR) is 305 cm³/mol. The van der Waals surface area contributed by atoms with E-state index >= 15 is 0 Å². The van der Waals surface area contributed by atoms with E-state index in [9.17, 15) is 43.5 Å². The van der Waals surface area contributed by atoms with Crippen LogP contribution in [0.1, 0.15) is 150 Å². The minimum atomic E-state index is -1.83. The van der Waals surface area contributed by atoms with Gasteiger partial charge in [0.05, 0.1) is 42.0 Å². The zero-order valence-electron chi connectivity index (χ0n) is 51.3. The van der Waals surface area contributed by atoms with Gasteiger partial charge in [-0.3, -0.25) is 9.59 Å². The first kappa shape index (κ1) is 68.7. The van der Waals surface area contributed by atoms with E-state index in [1.807, 2.05) is 0 Å². The fraction of sp³-hybridized carbons (Fsp3) is 0.633. The summed E-state index contributed by atoms with van der Waals surface area (Å²) in [4.78, 5) is 111. The van der Waals surface area contributed by atoms with E-state index in [1.54, 1.807) is 139 Å². The number of benzene rings is 2. The molecule has 2 aromatic carbocycles. The van der Waals surface area contributed by atoms with Gasteiger partial charge in [-0.05, 0) is 127 Å². The third kappa shape index (κ3) is 22.1. The second kappa shape index (κ2) is 29.8. The second-order valence-electron chi connectivity index (χ2n) is 24.8. The van der Waals surface area contributed by atoms with Crippen molar-refractivity contribution in [2.24, 2.45) is 0 Å². The number of hydrogen-bond donors (Lipinski definition) is 6. The van der Waals surface area contributed by atoms with Crippen LogP contribution >= 0.6 is 0 Å². The first-order valence-corrected chi connectivity index (χ1v) is 28.6. The van der Waals surface area contributed by atoms with Gasteiger partial charge in [0.15, 0.2) is 30.9 Å². The highest BCUT2D eigenvalue weighted by Crippen LogP contribution is 2.36. The lowest BCUT2D eigenvalue weighted by molar-refractivity contribution is -0.312. The number of aliphatic hydroxyl groups is 1. The Bertz CT molecular complexity index is 2610. The average molecular weight is 1200 g/mol. The van der Waals surface area contributed by atoms with Crippen molar-refractivity contribution in [3.05, 3.63) is 83.9 Å². The molecule has 0 aromatic heterocycles. The number of alkyl carbamates (subject to hydrolysis) is 4. The molecule has 6 N–H and O–H groups in total. The summed E-state index contributed by atoms with van der Waals surface area (Å²) in [6.07, 6.45) is -16.1. The Labute approximate surface area is 496 Å². The maximum atomic E-state index is 14.9. The number of carbonyl (C=O) groups is 8. The van der Waals surface area contributed by atoms with Gasteiger partial charge in [0, 0.05) is 6.92 Å². The Balaban J connectivity index is 1.73. The van der Waals surface area contributed by atoms with Crippen molar-refractivity contribution in [2.45, 2.75) is 238 Å². The van der Waals surface area contributed by atoms with Crippen LogP contribution in [-0.4, -0.2) is 168 Å². The Morgan fingerprint density at radius 3 is 1.59 bits per heavy atom. The molecule has 25 nitrogen and oxygen atoms in total. The molecule has 2 aliphatic heterocycles. The van der Waals surface area contributed by atoms with Crippen molar-refractivity contribution in [1.82, 2.24) is 26.6 Å². The van der Waals surface area contributed by atoms with Crippen molar-refractivity contribution in [2.75, 3.05) is 6.54 Å². The lowest BCUT2D eigenvalue weighted by atomic mass is 9.82. The van der Waals surface area contributed by atoms with Gasteiger partial charge >= 0.3 is 42.3 Å². The van der Waals surface area contributed by atoms with E-state index in [0.29, 0.717) is 6.42 Å². The Morgan fingerprint density at radius 1 is 0.576 bits per heavy atom. The fourth-order valence-corrected chi connectivity index (χ4v) is 9.27. The van der Waals surface area contributed by atoms with Crippen LogP contribution in [-0.2, 0) is 61.7 Å². The van der Waals surface area contributed by atoms with Crippen LogP contribution in [0.4, 0.5) is 19.2 Å². The van der Waals surface area contributed by atoms with Crippen molar-refractivity contribution >= 4 is 48.2 Å². The van der Waals surface area contributed by atoms with Gasteiger partial charge in [0.25, 0.3) is 5.91 Å². The highest BCUT2D eigenvalue weighted by atomic mass is 16.7. The second-order valence-corrected chi connectivity index (χ2v) is 24.8. The third-order valence-electron chi connectivity index (χ3n) is 12.6. The summed E-state index contributed by atoms with van der Waals surface area (Å²) in [6, 6.07) is 10.2. The molecule has 5 rings (SSSR count). The van der Waals surface area contributed by atoms with Gasteiger partial charge in [-0.2, -0.15) is 0 Å². The Kier molecular flexibility index (Phi) is 24.1. The summed E-state index contributed by atoms with van der Waals surface area (Å²) in [6.45, 7) is 24.1. The molecule has 1 saturated heterocycles. The molecule has 1 saturated carbocycles. The molecule has 0 bridgehead atoms. The van der Waals surface area contributed by atoms with Gasteiger partial charge in [-0.15, -0.1) is 0 Å². The SMILES string of the molecule is CCC[C@H](OC(=O)c1ccccc1)C(=O)N[C@@H]1C[C@@H](NC(=O)OC(C)(C)C)C(O[C@H]2OC(CNC(=O)OC(C)(C)C)C=CC2NC(=O)OC(C)(C)C)C(OC(C)=O)[C@H]1O[C@H]1OC(CC)[C@@H](O)[C@H](NC(=O)OC(C)(C)C)C1OC(=O)c1ccccc1. The molecule has 25 heteroatoms. The molecular formula is C60H87N5O20. The molecule has 6 unspecified atom stereocenters. The first-order valence-electron chi connectivity index (χ1n) is 28.6. The van der Waals surface area contributed by atoms with E-state index in [2.05, 4.69) is 26.6 Å². The van der Waals surface area contributed by atoms with Crippen LogP contribution in [0, 0.1) is 0 Å². The van der Waals surface area contributed by atoms with Crippen LogP contribution in [0.15, 0.2) is 72.8 Å². The van der Waals surface area contributed by atoms with Gasteiger partial charge in [0.2, 0.25) is 0 Å². The monoisotopic (exact) mass is 1200 g/mol. The highest BCUT2D eigenvalue weighted by molar-refractivity contribution is 5.92. The van der Waals surface area contributed by atoms with Crippen LogP contribution in [0.5, 0.6) is 0 Å². The summed E-state index contributed by atoms with van der Waals surface area (Å²) >= 11 is 0. The third-order valence-corrected chi connectivity index (χ3v) is 12.6. The van der Waals surface area contributed by atoms with Gasteiger partial charge < -0.3 is 83.8 Å². The molecule has 3 aliphatic rings. The van der Waals surface area contributed by atoms with Crippen LogP contribution in [0.25, 0.3) is 0 Å². The summed E-state index contributed by atoms with van der Waals surface area (Å²) in [5.74, 6) is -3.57.